The number of hydrogen-bond acceptors (Lipinski definition) is 5. The minimum atomic E-state index is -1.19. The van der Waals surface area contributed by atoms with Crippen LogP contribution < -0.4 is 11.1 Å². The molecule has 9 nitrogen and oxygen atoms in total. The van der Waals surface area contributed by atoms with E-state index in [9.17, 15) is 24.6 Å². The second kappa shape index (κ2) is 11.5. The first-order valence-electron chi connectivity index (χ1n) is 13.6. The van der Waals surface area contributed by atoms with E-state index in [-0.39, 0.29) is 31.6 Å². The average molecular weight is 555 g/mol. The van der Waals surface area contributed by atoms with E-state index in [2.05, 4.69) is 10.3 Å². The second-order valence-corrected chi connectivity index (χ2v) is 10.8. The number of aromatic nitrogens is 1. The molecule has 1 aliphatic rings. The number of aromatic amines is 1. The molecule has 1 aliphatic heterocycles. The molecule has 0 radical (unpaired) electrons. The van der Waals surface area contributed by atoms with Gasteiger partial charge in [0.1, 0.15) is 17.8 Å². The van der Waals surface area contributed by atoms with Crippen molar-refractivity contribution in [2.75, 3.05) is 0 Å². The molecule has 2 amide bonds. The molecule has 3 aromatic carbocycles. The van der Waals surface area contributed by atoms with Gasteiger partial charge < -0.3 is 31.1 Å². The van der Waals surface area contributed by atoms with Crippen molar-refractivity contribution in [2.24, 2.45) is 5.73 Å². The number of para-hydroxylation sites is 1. The molecule has 6 N–H and O–H groups in total. The van der Waals surface area contributed by atoms with Gasteiger partial charge in [0.15, 0.2) is 0 Å². The molecule has 4 aromatic rings. The molecule has 9 heteroatoms. The number of nitrogens with two attached hydrogens (primary N) is 1. The number of fused-ring (bicyclic) bond motifs is 2. The standard InChI is InChI=1S/C32H34N4O5/c1-18-11-23(37)12-19(2)25(18)15-26(33)31(39)36-17-21-8-4-3-7-20(21)14-29(36)30(38)35-28(32(40)41)13-22-16-34-27-10-6-5-9-24(22)27/h3-12,16,26,28-29,34,37H,13-15,17,33H2,1-2H3,(H,35,38)(H,40,41)/t26-,28-,29-/m0/s1. The average Bonchev–Trinajstić information content (AvgIpc) is 3.36. The summed E-state index contributed by atoms with van der Waals surface area (Å²) in [6, 6.07) is 15.4. The zero-order valence-electron chi connectivity index (χ0n) is 23.1. The smallest absolute Gasteiger partial charge is 0.326 e. The van der Waals surface area contributed by atoms with Crippen LogP contribution in [-0.2, 0) is 40.2 Å². The fraction of sp³-hybridized carbons (Fsp3) is 0.281. The van der Waals surface area contributed by atoms with Crippen LogP contribution in [0.1, 0.15) is 33.4 Å². The normalized spacial score (nSPS) is 16.2. The molecule has 1 aromatic heterocycles. The van der Waals surface area contributed by atoms with Gasteiger partial charge in [-0.3, -0.25) is 9.59 Å². The van der Waals surface area contributed by atoms with E-state index >= 15 is 0 Å². The number of rotatable bonds is 8. The summed E-state index contributed by atoms with van der Waals surface area (Å²) in [7, 11) is 0. The third kappa shape index (κ3) is 5.81. The first kappa shape index (κ1) is 27.9. The van der Waals surface area contributed by atoms with Gasteiger partial charge in [-0.1, -0.05) is 42.5 Å². The van der Waals surface area contributed by atoms with Crippen LogP contribution in [0, 0.1) is 13.8 Å². The van der Waals surface area contributed by atoms with Gasteiger partial charge in [0.25, 0.3) is 0 Å². The van der Waals surface area contributed by atoms with Crippen molar-refractivity contribution in [1.82, 2.24) is 15.2 Å². The summed E-state index contributed by atoms with van der Waals surface area (Å²) in [4.78, 5) is 44.4. The fourth-order valence-corrected chi connectivity index (χ4v) is 5.79. The van der Waals surface area contributed by atoms with E-state index in [1.807, 2.05) is 62.4 Å². The van der Waals surface area contributed by atoms with Crippen LogP contribution in [0.25, 0.3) is 10.9 Å². The summed E-state index contributed by atoms with van der Waals surface area (Å²) < 4.78 is 0. The maximum absolute atomic E-state index is 13.8. The van der Waals surface area contributed by atoms with Crippen LogP contribution in [0.3, 0.4) is 0 Å². The predicted octanol–water partition coefficient (Wildman–Crippen LogP) is 3.13. The van der Waals surface area contributed by atoms with Gasteiger partial charge in [-0.25, -0.2) is 4.79 Å². The van der Waals surface area contributed by atoms with Crippen LogP contribution >= 0.6 is 0 Å². The van der Waals surface area contributed by atoms with Crippen molar-refractivity contribution < 1.29 is 24.6 Å². The van der Waals surface area contributed by atoms with E-state index in [0.29, 0.717) is 0 Å². The van der Waals surface area contributed by atoms with E-state index in [0.717, 1.165) is 44.3 Å². The Kier molecular flexibility index (Phi) is 7.81. The maximum Gasteiger partial charge on any atom is 0.326 e. The molecular weight excluding hydrogens is 520 g/mol. The Bertz CT molecular complexity index is 1600. The number of carboxylic acid groups (broad SMARTS) is 1. The van der Waals surface area contributed by atoms with E-state index in [1.165, 1.54) is 4.90 Å². The van der Waals surface area contributed by atoms with Gasteiger partial charge in [0.2, 0.25) is 11.8 Å². The lowest BCUT2D eigenvalue weighted by Crippen LogP contribution is -2.58. The third-order valence-corrected chi connectivity index (χ3v) is 7.97. The lowest BCUT2D eigenvalue weighted by molar-refractivity contribution is -0.146. The highest BCUT2D eigenvalue weighted by molar-refractivity contribution is 5.93. The summed E-state index contributed by atoms with van der Waals surface area (Å²) in [5.41, 5.74) is 12.5. The number of aliphatic carboxylic acids is 1. The molecule has 212 valence electrons. The Labute approximate surface area is 238 Å². The van der Waals surface area contributed by atoms with Crippen molar-refractivity contribution in [3.63, 3.8) is 0 Å². The van der Waals surface area contributed by atoms with Crippen LogP contribution in [0.5, 0.6) is 5.75 Å². The number of benzene rings is 3. The highest BCUT2D eigenvalue weighted by Gasteiger charge is 2.38. The number of carbonyl (C=O) groups is 3. The highest BCUT2D eigenvalue weighted by atomic mass is 16.4. The number of nitrogens with zero attached hydrogens (tertiary/aromatic N) is 1. The van der Waals surface area contributed by atoms with Gasteiger partial charge in [-0.2, -0.15) is 0 Å². The summed E-state index contributed by atoms with van der Waals surface area (Å²) in [5.74, 6) is -1.94. The molecule has 41 heavy (non-hydrogen) atoms. The number of amides is 2. The number of phenolic OH excluding ortho intramolecular Hbond substituents is 1. The molecule has 0 unspecified atom stereocenters. The zero-order valence-corrected chi connectivity index (χ0v) is 23.1. The van der Waals surface area contributed by atoms with Crippen LogP contribution in [0.4, 0.5) is 0 Å². The number of carboxylic acids is 1. The summed E-state index contributed by atoms with van der Waals surface area (Å²) >= 11 is 0. The number of hydrogen-bond donors (Lipinski definition) is 5. The lowest BCUT2D eigenvalue weighted by Gasteiger charge is -2.38. The third-order valence-electron chi connectivity index (χ3n) is 7.97. The number of nitrogens with one attached hydrogen (secondary N) is 2. The number of carbonyl (C=O) groups excluding carboxylic acids is 2. The van der Waals surface area contributed by atoms with Crippen molar-refractivity contribution in [1.29, 1.82) is 0 Å². The minimum absolute atomic E-state index is 0.0846. The maximum atomic E-state index is 13.8. The Morgan fingerprint density at radius 2 is 1.68 bits per heavy atom. The fourth-order valence-electron chi connectivity index (χ4n) is 5.79. The summed E-state index contributed by atoms with van der Waals surface area (Å²) in [6.07, 6.45) is 2.33. The molecular formula is C32H34N4O5. The van der Waals surface area contributed by atoms with E-state index in [1.54, 1.807) is 18.3 Å². The highest BCUT2D eigenvalue weighted by Crippen LogP contribution is 2.27. The zero-order chi connectivity index (χ0) is 29.3. The topological polar surface area (TPSA) is 149 Å². The molecule has 0 saturated carbocycles. The number of H-pyrrole nitrogens is 1. The molecule has 3 atom stereocenters. The van der Waals surface area contributed by atoms with Crippen LogP contribution in [0.15, 0.2) is 66.9 Å². The van der Waals surface area contributed by atoms with Gasteiger partial charge in [-0.15, -0.1) is 0 Å². The van der Waals surface area contributed by atoms with Crippen LogP contribution in [0.2, 0.25) is 0 Å². The molecule has 0 aliphatic carbocycles. The predicted molar refractivity (Wildman–Crippen MR) is 155 cm³/mol. The molecule has 2 heterocycles. The molecule has 0 fully saturated rings. The molecule has 5 rings (SSSR count). The van der Waals surface area contributed by atoms with Crippen molar-refractivity contribution in [3.05, 3.63) is 100 Å². The minimum Gasteiger partial charge on any atom is -0.508 e. The first-order chi connectivity index (χ1) is 19.6. The van der Waals surface area contributed by atoms with E-state index in [4.69, 9.17) is 5.73 Å². The number of aryl methyl sites for hydroxylation is 2. The van der Waals surface area contributed by atoms with Crippen LogP contribution in [-0.4, -0.2) is 56.0 Å². The van der Waals surface area contributed by atoms with Gasteiger partial charge in [-0.05, 0) is 71.8 Å². The summed E-state index contributed by atoms with van der Waals surface area (Å²) in [6.45, 7) is 3.90. The number of aromatic hydroxyl groups is 1. The molecule has 0 spiro atoms. The molecule has 0 saturated heterocycles. The van der Waals surface area contributed by atoms with Gasteiger partial charge >= 0.3 is 5.97 Å². The van der Waals surface area contributed by atoms with Crippen molar-refractivity contribution in [3.8, 4) is 5.75 Å². The Morgan fingerprint density at radius 3 is 2.39 bits per heavy atom. The van der Waals surface area contributed by atoms with Crippen molar-refractivity contribution >= 4 is 28.7 Å². The lowest BCUT2D eigenvalue weighted by atomic mass is 9.91. The molecule has 0 bridgehead atoms. The van der Waals surface area contributed by atoms with Gasteiger partial charge in [0.05, 0.1) is 6.04 Å². The first-order valence-corrected chi connectivity index (χ1v) is 13.6. The van der Waals surface area contributed by atoms with E-state index < -0.39 is 35.9 Å². The SMILES string of the molecule is Cc1cc(O)cc(C)c1C[C@H](N)C(=O)N1Cc2ccccc2C[C@H]1C(=O)N[C@@H](Cc1c[nH]c2ccccc12)C(=O)O. The quantitative estimate of drug-likeness (QED) is 0.226. The Balaban J connectivity index is 1.39. The van der Waals surface area contributed by atoms with Crippen molar-refractivity contribution in [2.45, 2.75) is 57.8 Å². The largest absolute Gasteiger partial charge is 0.508 e. The number of phenols is 1. The van der Waals surface area contributed by atoms with Gasteiger partial charge in [0, 0.05) is 36.5 Å². The monoisotopic (exact) mass is 554 g/mol. The second-order valence-electron chi connectivity index (χ2n) is 10.8. The Hall–Kier alpha value is -4.63. The Morgan fingerprint density at radius 1 is 1.02 bits per heavy atom. The summed E-state index contributed by atoms with van der Waals surface area (Å²) in [5, 5.41) is 23.5.